The highest BCUT2D eigenvalue weighted by atomic mass is 32.3. The van der Waals surface area contributed by atoms with E-state index in [2.05, 4.69) is 18.2 Å². The number of benzene rings is 3. The van der Waals surface area contributed by atoms with Crippen LogP contribution < -0.4 is 0 Å². The SMILES string of the molecule is N#CC1=C(C#N)C(C#N)(S(c2ccccc2)(c2ccccc2)c2ccccc2)C(C#N)=C1C#N. The van der Waals surface area contributed by atoms with Gasteiger partial charge in [-0.15, -0.1) is 10.0 Å². The smallest absolute Gasteiger partial charge is 0.171 e. The van der Waals surface area contributed by atoms with Crippen LogP contribution in [0.1, 0.15) is 0 Å². The van der Waals surface area contributed by atoms with E-state index in [1.165, 1.54) is 0 Å². The molecule has 0 unspecified atom stereocenters. The molecule has 0 spiro atoms. The van der Waals surface area contributed by atoms with Gasteiger partial charge in [0.15, 0.2) is 4.75 Å². The zero-order valence-corrected chi connectivity index (χ0v) is 18.6. The first-order chi connectivity index (χ1) is 16.7. The Morgan fingerprint density at radius 2 is 0.794 bits per heavy atom. The molecule has 0 heterocycles. The normalized spacial score (nSPS) is 14.8. The lowest BCUT2D eigenvalue weighted by atomic mass is 9.96. The molecule has 0 bridgehead atoms. The minimum Gasteiger partial charge on any atom is -0.196 e. The summed E-state index contributed by atoms with van der Waals surface area (Å²) in [6.07, 6.45) is 0. The standard InChI is InChI=1S/C28H15N5S/c29-16-24-25(17-30)27(19-32)28(20-33,26(24)18-31)34(21-10-4-1-5-11-21,22-12-6-2-7-13-22)23-14-8-3-9-15-23/h1-15H. The lowest BCUT2D eigenvalue weighted by Crippen LogP contribution is -2.37. The number of nitriles is 5. The van der Waals surface area contributed by atoms with Gasteiger partial charge in [0.2, 0.25) is 0 Å². The molecule has 0 aliphatic heterocycles. The van der Waals surface area contributed by atoms with Crippen molar-refractivity contribution < 1.29 is 0 Å². The molecule has 0 saturated carbocycles. The summed E-state index contributed by atoms with van der Waals surface area (Å²) >= 11 is 0. The van der Waals surface area contributed by atoms with Gasteiger partial charge in [0.05, 0.1) is 40.5 Å². The Kier molecular flexibility index (Phi) is 5.75. The fourth-order valence-corrected chi connectivity index (χ4v) is 9.14. The minimum atomic E-state index is -2.76. The monoisotopic (exact) mass is 453 g/mol. The second-order valence-corrected chi connectivity index (χ2v) is 10.5. The summed E-state index contributed by atoms with van der Waals surface area (Å²) in [5.41, 5.74) is -0.778. The van der Waals surface area contributed by atoms with Crippen LogP contribution in [0.25, 0.3) is 0 Å². The number of nitrogens with zero attached hydrogens (tertiary/aromatic N) is 5. The van der Waals surface area contributed by atoms with Gasteiger partial charge in [-0.25, -0.2) is 0 Å². The molecule has 0 amide bonds. The molecule has 1 aliphatic rings. The van der Waals surface area contributed by atoms with E-state index in [1.807, 2.05) is 103 Å². The number of rotatable bonds is 4. The first kappa shape index (κ1) is 22.1. The third kappa shape index (κ3) is 2.77. The molecule has 0 aromatic heterocycles. The predicted molar refractivity (Wildman–Crippen MR) is 127 cm³/mol. The van der Waals surface area contributed by atoms with Crippen LogP contribution in [-0.2, 0) is 0 Å². The van der Waals surface area contributed by atoms with E-state index in [-0.39, 0.29) is 22.3 Å². The van der Waals surface area contributed by atoms with Crippen LogP contribution in [-0.4, -0.2) is 4.75 Å². The van der Waals surface area contributed by atoms with Crippen molar-refractivity contribution in [2.75, 3.05) is 0 Å². The molecule has 0 N–H and O–H groups in total. The molecule has 1 aliphatic carbocycles. The molecule has 3 aromatic rings. The minimum absolute atomic E-state index is 0.169. The van der Waals surface area contributed by atoms with E-state index >= 15 is 0 Å². The van der Waals surface area contributed by atoms with Crippen molar-refractivity contribution in [3.8, 4) is 30.3 Å². The molecular formula is C28H15N5S. The van der Waals surface area contributed by atoms with Crippen LogP contribution in [0.5, 0.6) is 0 Å². The molecule has 6 heteroatoms. The Morgan fingerprint density at radius 1 is 0.471 bits per heavy atom. The summed E-state index contributed by atoms with van der Waals surface area (Å²) in [6, 6.07) is 38.1. The average molecular weight is 454 g/mol. The van der Waals surface area contributed by atoms with Gasteiger partial charge in [0.25, 0.3) is 0 Å². The summed E-state index contributed by atoms with van der Waals surface area (Å²) in [7, 11) is -2.76. The largest absolute Gasteiger partial charge is 0.196 e. The predicted octanol–water partition coefficient (Wildman–Crippen LogP) is 5.93. The van der Waals surface area contributed by atoms with Gasteiger partial charge in [-0.1, -0.05) is 54.6 Å². The third-order valence-electron chi connectivity index (χ3n) is 5.81. The van der Waals surface area contributed by atoms with Gasteiger partial charge in [-0.2, -0.15) is 26.3 Å². The molecule has 34 heavy (non-hydrogen) atoms. The van der Waals surface area contributed by atoms with Gasteiger partial charge in [-0.05, 0) is 36.4 Å². The molecule has 0 saturated heterocycles. The first-order valence-electron chi connectivity index (χ1n) is 10.2. The first-order valence-corrected chi connectivity index (χ1v) is 11.8. The maximum atomic E-state index is 10.9. The Morgan fingerprint density at radius 3 is 1.03 bits per heavy atom. The number of allylic oxidation sites excluding steroid dienone is 2. The Hall–Kier alpha value is -5.06. The van der Waals surface area contributed by atoms with Gasteiger partial charge in [0.1, 0.15) is 12.1 Å². The second-order valence-electron chi connectivity index (χ2n) is 7.29. The van der Waals surface area contributed by atoms with Crippen molar-refractivity contribution in [1.29, 1.82) is 26.3 Å². The second kappa shape index (κ2) is 8.82. The molecule has 0 radical (unpaired) electrons. The van der Waals surface area contributed by atoms with Crippen LogP contribution in [0.4, 0.5) is 0 Å². The zero-order chi connectivity index (χ0) is 24.2. The summed E-state index contributed by atoms with van der Waals surface area (Å²) in [5, 5.41) is 51.5. The summed E-state index contributed by atoms with van der Waals surface area (Å²) in [6.45, 7) is 0. The van der Waals surface area contributed by atoms with Gasteiger partial charge < -0.3 is 0 Å². The molecule has 4 rings (SSSR count). The van der Waals surface area contributed by atoms with E-state index in [1.54, 1.807) is 0 Å². The lowest BCUT2D eigenvalue weighted by molar-refractivity contribution is 1.01. The fourth-order valence-electron chi connectivity index (χ4n) is 4.52. The lowest BCUT2D eigenvalue weighted by Gasteiger charge is -2.51. The van der Waals surface area contributed by atoms with Crippen molar-refractivity contribution in [3.63, 3.8) is 0 Å². The van der Waals surface area contributed by atoms with Crippen molar-refractivity contribution in [1.82, 2.24) is 0 Å². The summed E-state index contributed by atoms with van der Waals surface area (Å²) < 4.78 is -1.88. The number of hydrogen-bond acceptors (Lipinski definition) is 5. The van der Waals surface area contributed by atoms with Crippen molar-refractivity contribution >= 4 is 10.0 Å². The molecule has 0 fully saturated rings. The van der Waals surface area contributed by atoms with E-state index in [0.29, 0.717) is 0 Å². The van der Waals surface area contributed by atoms with Crippen molar-refractivity contribution in [3.05, 3.63) is 113 Å². The van der Waals surface area contributed by atoms with E-state index < -0.39 is 14.8 Å². The Balaban J connectivity index is 2.38. The van der Waals surface area contributed by atoms with Crippen LogP contribution in [0, 0.1) is 56.7 Å². The molecular weight excluding hydrogens is 438 g/mol. The zero-order valence-electron chi connectivity index (χ0n) is 17.8. The van der Waals surface area contributed by atoms with E-state index in [4.69, 9.17) is 0 Å². The molecule has 3 aromatic carbocycles. The van der Waals surface area contributed by atoms with Gasteiger partial charge in [-0.3, -0.25) is 0 Å². The van der Waals surface area contributed by atoms with Gasteiger partial charge >= 0.3 is 0 Å². The molecule has 5 nitrogen and oxygen atoms in total. The maximum Gasteiger partial charge on any atom is 0.171 e. The highest BCUT2D eigenvalue weighted by Gasteiger charge is 2.61. The topological polar surface area (TPSA) is 119 Å². The van der Waals surface area contributed by atoms with Crippen LogP contribution in [0.2, 0.25) is 0 Å². The van der Waals surface area contributed by atoms with Crippen LogP contribution in [0.3, 0.4) is 0 Å². The van der Waals surface area contributed by atoms with Crippen LogP contribution >= 0.6 is 10.0 Å². The van der Waals surface area contributed by atoms with Crippen molar-refractivity contribution in [2.45, 2.75) is 19.4 Å². The quantitative estimate of drug-likeness (QED) is 0.485. The van der Waals surface area contributed by atoms with E-state index in [0.717, 1.165) is 14.7 Å². The highest BCUT2D eigenvalue weighted by Crippen LogP contribution is 2.80. The third-order valence-corrected chi connectivity index (χ3v) is 10.2. The Bertz CT molecular complexity index is 1390. The average Bonchev–Trinajstić information content (AvgIpc) is 3.19. The number of hydrogen-bond donors (Lipinski definition) is 0. The van der Waals surface area contributed by atoms with Crippen LogP contribution in [0.15, 0.2) is 128 Å². The fraction of sp³-hybridized carbons (Fsp3) is 0.0357. The molecule has 0 atom stereocenters. The maximum absolute atomic E-state index is 10.9. The Labute approximate surface area is 199 Å². The van der Waals surface area contributed by atoms with Gasteiger partial charge in [0, 0.05) is 14.7 Å². The molecule has 158 valence electrons. The van der Waals surface area contributed by atoms with E-state index in [9.17, 15) is 26.3 Å². The van der Waals surface area contributed by atoms with Crippen molar-refractivity contribution in [2.24, 2.45) is 0 Å². The summed E-state index contributed by atoms with van der Waals surface area (Å²) in [5.74, 6) is 0. The summed E-state index contributed by atoms with van der Waals surface area (Å²) in [4.78, 5) is 2.18. The highest BCUT2D eigenvalue weighted by molar-refractivity contribution is 8.35.